The Morgan fingerprint density at radius 1 is 1.25 bits per heavy atom. The second-order valence-corrected chi connectivity index (χ2v) is 7.10. The molecule has 4 rings (SSSR count). The lowest BCUT2D eigenvalue weighted by atomic mass is 9.87. The molecule has 2 unspecified atom stereocenters. The monoisotopic (exact) mass is 335 g/mol. The molecule has 0 bridgehead atoms. The molecule has 3 nitrogen and oxygen atoms in total. The van der Waals surface area contributed by atoms with Gasteiger partial charge in [-0.25, -0.2) is 0 Å². The minimum Gasteiger partial charge on any atom is -0.478 e. The quantitative estimate of drug-likeness (QED) is 0.727. The molecule has 0 N–H and O–H groups in total. The molecule has 1 aromatic rings. The Hall–Kier alpha value is -0.870. The molecule has 106 valence electrons. The lowest BCUT2D eigenvalue weighted by Gasteiger charge is -2.25. The number of Topliss-reactive ketones (excluding diaryl/α,β-unsaturated/α-hetero) is 1. The van der Waals surface area contributed by atoms with Crippen LogP contribution in [0.1, 0.15) is 42.5 Å². The maximum Gasteiger partial charge on any atom is 0.210 e. The molecule has 3 aliphatic heterocycles. The predicted octanol–water partition coefficient (Wildman–Crippen LogP) is 3.41. The third-order valence-corrected chi connectivity index (χ3v) is 5.58. The van der Waals surface area contributed by atoms with Crippen molar-refractivity contribution in [2.24, 2.45) is 0 Å². The maximum atomic E-state index is 12.8. The van der Waals surface area contributed by atoms with E-state index in [9.17, 15) is 4.79 Å². The highest BCUT2D eigenvalue weighted by atomic mass is 79.9. The van der Waals surface area contributed by atoms with Crippen molar-refractivity contribution in [3.05, 3.63) is 28.2 Å². The summed E-state index contributed by atoms with van der Waals surface area (Å²) in [6.45, 7) is 2.18. The smallest absolute Gasteiger partial charge is 0.210 e. The second kappa shape index (κ2) is 4.57. The average molecular weight is 336 g/mol. The van der Waals surface area contributed by atoms with Gasteiger partial charge in [-0.05, 0) is 50.4 Å². The Kier molecular flexibility index (Phi) is 2.93. The summed E-state index contributed by atoms with van der Waals surface area (Å²) in [6, 6.07) is 6.43. The van der Waals surface area contributed by atoms with Crippen LogP contribution in [0, 0.1) is 0 Å². The van der Waals surface area contributed by atoms with Crippen LogP contribution in [0.4, 0.5) is 0 Å². The Morgan fingerprint density at radius 3 is 3.05 bits per heavy atom. The molecule has 0 aromatic heterocycles. The zero-order valence-electron chi connectivity index (χ0n) is 11.4. The topological polar surface area (TPSA) is 29.5 Å². The van der Waals surface area contributed by atoms with Crippen LogP contribution < -0.4 is 4.74 Å². The Bertz CT molecular complexity index is 558. The molecule has 2 saturated heterocycles. The van der Waals surface area contributed by atoms with Gasteiger partial charge in [-0.2, -0.15) is 0 Å². The molecule has 0 radical (unpaired) electrons. The Balaban J connectivity index is 1.65. The first-order valence-electron chi connectivity index (χ1n) is 7.45. The van der Waals surface area contributed by atoms with Crippen molar-refractivity contribution in [2.45, 2.75) is 43.7 Å². The summed E-state index contributed by atoms with van der Waals surface area (Å²) in [7, 11) is 0. The minimum absolute atomic E-state index is 0.190. The lowest BCUT2D eigenvalue weighted by molar-refractivity contribution is 0.0497. The van der Waals surface area contributed by atoms with E-state index >= 15 is 0 Å². The highest BCUT2D eigenvalue weighted by Gasteiger charge is 2.49. The number of hydrogen-bond donors (Lipinski definition) is 0. The highest BCUT2D eigenvalue weighted by molar-refractivity contribution is 9.10. The van der Waals surface area contributed by atoms with Crippen LogP contribution in [0.2, 0.25) is 0 Å². The van der Waals surface area contributed by atoms with Gasteiger partial charge in [-0.1, -0.05) is 15.9 Å². The van der Waals surface area contributed by atoms with E-state index in [1.54, 1.807) is 0 Å². The zero-order chi connectivity index (χ0) is 13.7. The Morgan fingerprint density at radius 2 is 2.15 bits per heavy atom. The van der Waals surface area contributed by atoms with Gasteiger partial charge in [-0.3, -0.25) is 4.79 Å². The summed E-state index contributed by atoms with van der Waals surface area (Å²) in [5.74, 6) is 0.954. The van der Waals surface area contributed by atoms with Gasteiger partial charge in [0.05, 0.1) is 5.56 Å². The molecular formula is C16H18BrNO2. The molecule has 0 saturated carbocycles. The summed E-state index contributed by atoms with van der Waals surface area (Å²) in [5.41, 5.74) is 0.162. The highest BCUT2D eigenvalue weighted by Crippen LogP contribution is 2.43. The zero-order valence-corrected chi connectivity index (χ0v) is 13.0. The van der Waals surface area contributed by atoms with Gasteiger partial charge in [-0.15, -0.1) is 0 Å². The van der Waals surface area contributed by atoms with Crippen molar-refractivity contribution in [2.75, 3.05) is 13.1 Å². The van der Waals surface area contributed by atoms with E-state index in [1.165, 1.54) is 19.4 Å². The predicted molar refractivity (Wildman–Crippen MR) is 80.3 cm³/mol. The first kappa shape index (κ1) is 12.8. The van der Waals surface area contributed by atoms with E-state index in [4.69, 9.17) is 4.74 Å². The SMILES string of the molecule is O=C1c2cc(Br)ccc2OC12CCC1CCCN1CC2. The number of benzene rings is 1. The molecule has 0 aliphatic carbocycles. The first-order valence-corrected chi connectivity index (χ1v) is 8.25. The van der Waals surface area contributed by atoms with Gasteiger partial charge in [0.15, 0.2) is 5.60 Å². The van der Waals surface area contributed by atoms with Gasteiger partial charge in [0.2, 0.25) is 5.78 Å². The van der Waals surface area contributed by atoms with Gasteiger partial charge in [0.1, 0.15) is 5.75 Å². The van der Waals surface area contributed by atoms with Crippen molar-refractivity contribution in [1.82, 2.24) is 4.90 Å². The van der Waals surface area contributed by atoms with E-state index < -0.39 is 5.60 Å². The van der Waals surface area contributed by atoms with Crippen molar-refractivity contribution < 1.29 is 9.53 Å². The van der Waals surface area contributed by atoms with E-state index in [2.05, 4.69) is 20.8 Å². The summed E-state index contributed by atoms with van der Waals surface area (Å²) < 4.78 is 7.09. The number of ketones is 1. The summed E-state index contributed by atoms with van der Waals surface area (Å²) in [6.07, 6.45) is 5.36. The average Bonchev–Trinajstić information content (AvgIpc) is 2.94. The number of halogens is 1. The van der Waals surface area contributed by atoms with Gasteiger partial charge >= 0.3 is 0 Å². The van der Waals surface area contributed by atoms with E-state index in [0.29, 0.717) is 6.04 Å². The number of nitrogens with zero attached hydrogens (tertiary/aromatic N) is 1. The molecule has 20 heavy (non-hydrogen) atoms. The number of carbonyl (C=O) groups is 1. The summed E-state index contributed by atoms with van der Waals surface area (Å²) in [4.78, 5) is 15.4. The molecule has 2 fully saturated rings. The van der Waals surface area contributed by atoms with Gasteiger partial charge < -0.3 is 9.64 Å². The van der Waals surface area contributed by atoms with Crippen molar-refractivity contribution in [3.8, 4) is 5.75 Å². The minimum atomic E-state index is -0.590. The van der Waals surface area contributed by atoms with Gasteiger partial charge in [0, 0.05) is 23.5 Å². The summed E-state index contributed by atoms with van der Waals surface area (Å²) >= 11 is 3.44. The van der Waals surface area contributed by atoms with Crippen LogP contribution in [0.15, 0.2) is 22.7 Å². The van der Waals surface area contributed by atoms with Crippen LogP contribution in [0.5, 0.6) is 5.75 Å². The molecule has 0 amide bonds. The molecule has 3 aliphatic rings. The standard InChI is InChI=1S/C16H18BrNO2/c17-11-3-4-14-13(10-11)15(19)16(20-14)6-5-12-2-1-8-18(12)9-7-16/h3-4,10,12H,1-2,5-9H2. The molecule has 4 heteroatoms. The normalized spacial score (nSPS) is 32.9. The number of carbonyl (C=O) groups excluding carboxylic acids is 1. The first-order chi connectivity index (χ1) is 9.68. The van der Waals surface area contributed by atoms with Crippen LogP contribution >= 0.6 is 15.9 Å². The van der Waals surface area contributed by atoms with E-state index in [1.807, 2.05) is 18.2 Å². The molecular weight excluding hydrogens is 318 g/mol. The van der Waals surface area contributed by atoms with Crippen LogP contribution in [0.25, 0.3) is 0 Å². The third-order valence-electron chi connectivity index (χ3n) is 5.09. The molecule has 2 atom stereocenters. The molecule has 1 spiro atoms. The molecule has 1 aromatic carbocycles. The van der Waals surface area contributed by atoms with Crippen LogP contribution in [0.3, 0.4) is 0 Å². The largest absolute Gasteiger partial charge is 0.478 e. The number of rotatable bonds is 0. The number of fused-ring (bicyclic) bond motifs is 2. The van der Waals surface area contributed by atoms with Crippen molar-refractivity contribution in [1.29, 1.82) is 0 Å². The fraction of sp³-hybridized carbons (Fsp3) is 0.562. The fourth-order valence-corrected chi connectivity index (χ4v) is 4.33. The van der Waals surface area contributed by atoms with E-state index in [-0.39, 0.29) is 5.78 Å². The summed E-state index contributed by atoms with van der Waals surface area (Å²) in [5, 5.41) is 0. The van der Waals surface area contributed by atoms with Crippen molar-refractivity contribution in [3.63, 3.8) is 0 Å². The Labute approximate surface area is 127 Å². The van der Waals surface area contributed by atoms with Crippen LogP contribution in [-0.4, -0.2) is 35.4 Å². The second-order valence-electron chi connectivity index (χ2n) is 6.19. The third kappa shape index (κ3) is 1.85. The number of hydrogen-bond acceptors (Lipinski definition) is 3. The molecule has 3 heterocycles. The van der Waals surface area contributed by atoms with Gasteiger partial charge in [0.25, 0.3) is 0 Å². The maximum absolute atomic E-state index is 12.8. The van der Waals surface area contributed by atoms with Crippen LogP contribution in [-0.2, 0) is 0 Å². The fourth-order valence-electron chi connectivity index (χ4n) is 3.97. The van der Waals surface area contributed by atoms with Crippen molar-refractivity contribution >= 4 is 21.7 Å². The number of ether oxygens (including phenoxy) is 1. The lowest BCUT2D eigenvalue weighted by Crippen LogP contribution is -2.41. The van der Waals surface area contributed by atoms with E-state index in [0.717, 1.165) is 41.6 Å².